The summed E-state index contributed by atoms with van der Waals surface area (Å²) in [4.78, 5) is 14.2. The minimum atomic E-state index is -0.544. The van der Waals surface area contributed by atoms with Crippen molar-refractivity contribution in [2.45, 2.75) is 0 Å². The molecule has 128 valence electrons. The van der Waals surface area contributed by atoms with E-state index in [0.717, 1.165) is 11.4 Å². The van der Waals surface area contributed by atoms with E-state index in [1.165, 1.54) is 12.3 Å². The lowest BCUT2D eigenvalue weighted by Gasteiger charge is -2.13. The summed E-state index contributed by atoms with van der Waals surface area (Å²) in [6, 6.07) is 14.2. The Morgan fingerprint density at radius 2 is 1.88 bits per heavy atom. The number of halogens is 2. The summed E-state index contributed by atoms with van der Waals surface area (Å²) in [6.07, 6.45) is 1.36. The van der Waals surface area contributed by atoms with Gasteiger partial charge < -0.3 is 15.5 Å². The summed E-state index contributed by atoms with van der Waals surface area (Å²) in [5, 5.41) is 15.5. The molecule has 0 atom stereocenters. The van der Waals surface area contributed by atoms with Crippen LogP contribution in [-0.4, -0.2) is 20.0 Å². The van der Waals surface area contributed by atoms with Crippen LogP contribution >= 0.6 is 23.2 Å². The van der Waals surface area contributed by atoms with Crippen LogP contribution in [0, 0.1) is 11.3 Å². The Morgan fingerprint density at radius 1 is 1.12 bits per heavy atom. The van der Waals surface area contributed by atoms with Crippen LogP contribution in [0.25, 0.3) is 0 Å². The van der Waals surface area contributed by atoms with Crippen molar-refractivity contribution in [2.24, 2.45) is 0 Å². The number of amides is 1. The van der Waals surface area contributed by atoms with Crippen molar-refractivity contribution in [2.75, 3.05) is 29.6 Å². The maximum Gasteiger partial charge on any atom is 0.267 e. The molecule has 0 heterocycles. The predicted octanol–water partition coefficient (Wildman–Crippen LogP) is 4.52. The third-order valence-corrected chi connectivity index (χ3v) is 4.03. The van der Waals surface area contributed by atoms with Gasteiger partial charge in [-0.25, -0.2) is 0 Å². The van der Waals surface area contributed by atoms with Crippen molar-refractivity contribution in [1.29, 1.82) is 5.26 Å². The highest BCUT2D eigenvalue weighted by Crippen LogP contribution is 2.25. The molecule has 5 nitrogen and oxygen atoms in total. The van der Waals surface area contributed by atoms with Gasteiger partial charge in [-0.15, -0.1) is 0 Å². The molecule has 1 amide bonds. The monoisotopic (exact) mass is 374 g/mol. The summed E-state index contributed by atoms with van der Waals surface area (Å²) < 4.78 is 0. The van der Waals surface area contributed by atoms with Gasteiger partial charge in [-0.05, 0) is 36.4 Å². The summed E-state index contributed by atoms with van der Waals surface area (Å²) in [5.74, 6) is -0.544. The van der Waals surface area contributed by atoms with Gasteiger partial charge in [0.1, 0.15) is 11.6 Å². The minimum Gasteiger partial charge on any atom is -0.378 e. The zero-order valence-electron chi connectivity index (χ0n) is 13.7. The Kier molecular flexibility index (Phi) is 6.29. The Morgan fingerprint density at radius 3 is 2.52 bits per heavy atom. The number of hydrogen-bond donors (Lipinski definition) is 2. The third kappa shape index (κ3) is 5.15. The molecule has 0 aliphatic heterocycles. The second-order valence-electron chi connectivity index (χ2n) is 5.34. The molecule has 7 heteroatoms. The quantitative estimate of drug-likeness (QED) is 0.596. The molecule has 0 aliphatic rings. The first kappa shape index (κ1) is 18.7. The van der Waals surface area contributed by atoms with E-state index in [-0.39, 0.29) is 5.57 Å². The molecule has 2 rings (SSSR count). The van der Waals surface area contributed by atoms with E-state index < -0.39 is 5.91 Å². The smallest absolute Gasteiger partial charge is 0.267 e. The number of nitrogens with zero attached hydrogens (tertiary/aromatic N) is 2. The van der Waals surface area contributed by atoms with Crippen LogP contribution in [0.4, 0.5) is 17.1 Å². The minimum absolute atomic E-state index is 0.0682. The summed E-state index contributed by atoms with van der Waals surface area (Å²) in [6.45, 7) is 0. The number of anilines is 3. The van der Waals surface area contributed by atoms with Crippen LogP contribution in [0.2, 0.25) is 10.0 Å². The number of nitriles is 1. The Labute approximate surface area is 156 Å². The van der Waals surface area contributed by atoms with Gasteiger partial charge >= 0.3 is 0 Å². The molecule has 0 bridgehead atoms. The standard InChI is InChI=1S/C18H16Cl2N4O/c1-24(2)15-5-3-4-13(8-15)22-11-12(10-21)18(25)23-14-6-7-16(19)17(20)9-14/h3-9,11,22H,1-2H3,(H,23,25)/b12-11-. The fraction of sp³-hybridized carbons (Fsp3) is 0.111. The molecule has 0 fully saturated rings. The molecule has 2 aromatic rings. The zero-order chi connectivity index (χ0) is 18.4. The van der Waals surface area contributed by atoms with Gasteiger partial charge in [0.25, 0.3) is 5.91 Å². The molecule has 0 aliphatic carbocycles. The van der Waals surface area contributed by atoms with Crippen molar-refractivity contribution >= 4 is 46.2 Å². The molecule has 25 heavy (non-hydrogen) atoms. The zero-order valence-corrected chi connectivity index (χ0v) is 15.2. The second kappa shape index (κ2) is 8.43. The van der Waals surface area contributed by atoms with E-state index in [1.807, 2.05) is 49.3 Å². The topological polar surface area (TPSA) is 68.2 Å². The highest BCUT2D eigenvalue weighted by atomic mass is 35.5. The predicted molar refractivity (Wildman–Crippen MR) is 103 cm³/mol. The molecule has 0 saturated carbocycles. The van der Waals surface area contributed by atoms with Crippen molar-refractivity contribution in [1.82, 2.24) is 0 Å². The van der Waals surface area contributed by atoms with Crippen LogP contribution in [0.5, 0.6) is 0 Å². The van der Waals surface area contributed by atoms with Crippen LogP contribution in [0.15, 0.2) is 54.2 Å². The molecule has 0 radical (unpaired) electrons. The highest BCUT2D eigenvalue weighted by molar-refractivity contribution is 6.42. The largest absolute Gasteiger partial charge is 0.378 e. The first-order valence-electron chi connectivity index (χ1n) is 7.31. The number of rotatable bonds is 5. The van der Waals surface area contributed by atoms with Crippen molar-refractivity contribution in [3.05, 3.63) is 64.3 Å². The second-order valence-corrected chi connectivity index (χ2v) is 6.16. The lowest BCUT2D eigenvalue weighted by Crippen LogP contribution is -2.14. The van der Waals surface area contributed by atoms with E-state index in [4.69, 9.17) is 23.2 Å². The number of hydrogen-bond acceptors (Lipinski definition) is 4. The number of benzene rings is 2. The summed E-state index contributed by atoms with van der Waals surface area (Å²) >= 11 is 11.8. The van der Waals surface area contributed by atoms with Crippen LogP contribution in [0.1, 0.15) is 0 Å². The normalized spacial score (nSPS) is 10.8. The van der Waals surface area contributed by atoms with Crippen LogP contribution < -0.4 is 15.5 Å². The number of carbonyl (C=O) groups excluding carboxylic acids is 1. The van der Waals surface area contributed by atoms with Gasteiger partial charge in [0.15, 0.2) is 0 Å². The third-order valence-electron chi connectivity index (χ3n) is 3.29. The van der Waals surface area contributed by atoms with Gasteiger partial charge in [0, 0.05) is 37.4 Å². The molecule has 0 spiro atoms. The van der Waals surface area contributed by atoms with E-state index >= 15 is 0 Å². The maximum absolute atomic E-state index is 12.2. The maximum atomic E-state index is 12.2. The van der Waals surface area contributed by atoms with Crippen molar-refractivity contribution in [3.63, 3.8) is 0 Å². The first-order chi connectivity index (χ1) is 11.9. The fourth-order valence-corrected chi connectivity index (χ4v) is 2.25. The summed E-state index contributed by atoms with van der Waals surface area (Å²) in [7, 11) is 3.86. The fourth-order valence-electron chi connectivity index (χ4n) is 1.95. The Bertz CT molecular complexity index is 856. The lowest BCUT2D eigenvalue weighted by molar-refractivity contribution is -0.112. The van der Waals surface area contributed by atoms with E-state index in [2.05, 4.69) is 10.6 Å². The van der Waals surface area contributed by atoms with Gasteiger partial charge in [0.2, 0.25) is 0 Å². The van der Waals surface area contributed by atoms with Crippen molar-refractivity contribution < 1.29 is 4.79 Å². The van der Waals surface area contributed by atoms with Gasteiger partial charge in [-0.1, -0.05) is 29.3 Å². The van der Waals surface area contributed by atoms with Crippen molar-refractivity contribution in [3.8, 4) is 6.07 Å². The molecule has 0 saturated heterocycles. The van der Waals surface area contributed by atoms with E-state index in [0.29, 0.717) is 15.7 Å². The molecule has 2 N–H and O–H groups in total. The Hall–Kier alpha value is -2.68. The van der Waals surface area contributed by atoms with Crippen LogP contribution in [-0.2, 0) is 4.79 Å². The highest BCUT2D eigenvalue weighted by Gasteiger charge is 2.10. The molecule has 0 unspecified atom stereocenters. The number of nitrogens with one attached hydrogen (secondary N) is 2. The average Bonchev–Trinajstić information content (AvgIpc) is 2.59. The van der Waals surface area contributed by atoms with Crippen LogP contribution in [0.3, 0.4) is 0 Å². The molecule has 2 aromatic carbocycles. The SMILES string of the molecule is CN(C)c1cccc(N/C=C(/C#N)C(=O)Nc2ccc(Cl)c(Cl)c2)c1. The average molecular weight is 375 g/mol. The van der Waals surface area contributed by atoms with E-state index in [9.17, 15) is 10.1 Å². The lowest BCUT2D eigenvalue weighted by atomic mass is 10.2. The molecule has 0 aromatic heterocycles. The molecular weight excluding hydrogens is 359 g/mol. The van der Waals surface area contributed by atoms with E-state index in [1.54, 1.807) is 12.1 Å². The Balaban J connectivity index is 2.11. The first-order valence-corrected chi connectivity index (χ1v) is 8.07. The molecular formula is C18H16Cl2N4O. The van der Waals surface area contributed by atoms with Gasteiger partial charge in [0.05, 0.1) is 10.0 Å². The van der Waals surface area contributed by atoms with Gasteiger partial charge in [-0.2, -0.15) is 5.26 Å². The number of carbonyl (C=O) groups is 1. The summed E-state index contributed by atoms with van der Waals surface area (Å²) in [5.41, 5.74) is 2.15. The van der Waals surface area contributed by atoms with Gasteiger partial charge in [-0.3, -0.25) is 4.79 Å².